The van der Waals surface area contributed by atoms with E-state index in [4.69, 9.17) is 4.74 Å². The minimum atomic E-state index is -0.649. The van der Waals surface area contributed by atoms with Crippen LogP contribution in [0.2, 0.25) is 0 Å². The third-order valence-electron chi connectivity index (χ3n) is 3.43. The van der Waals surface area contributed by atoms with Crippen molar-refractivity contribution in [2.45, 2.75) is 25.8 Å². The maximum absolute atomic E-state index is 12.4. The zero-order valence-electron chi connectivity index (χ0n) is 12.5. The summed E-state index contributed by atoms with van der Waals surface area (Å²) in [5.41, 5.74) is 1.07. The van der Waals surface area contributed by atoms with Gasteiger partial charge < -0.3 is 10.1 Å². The fourth-order valence-corrected chi connectivity index (χ4v) is 2.00. The highest BCUT2D eigenvalue weighted by atomic mass is 16.5. The fourth-order valence-electron chi connectivity index (χ4n) is 2.00. The number of carbonyl (C=O) groups is 1. The molecule has 0 fully saturated rings. The lowest BCUT2D eigenvalue weighted by molar-refractivity contribution is -0.125. The van der Waals surface area contributed by atoms with Crippen molar-refractivity contribution in [2.24, 2.45) is 0 Å². The SMILES string of the molecule is COc1ncccc1CNC(=O)C(C)(C)c1cccnc1. The molecule has 2 aromatic heterocycles. The standard InChI is InChI=1S/C16H19N3O2/c1-16(2,13-7-5-8-17-11-13)15(20)19-10-12-6-4-9-18-14(12)21-3/h4-9,11H,10H2,1-3H3,(H,19,20). The molecule has 2 aromatic rings. The summed E-state index contributed by atoms with van der Waals surface area (Å²) in [6.45, 7) is 4.12. The predicted molar refractivity (Wildman–Crippen MR) is 79.9 cm³/mol. The molecule has 1 amide bonds. The minimum Gasteiger partial charge on any atom is -0.481 e. The van der Waals surface area contributed by atoms with Crippen molar-refractivity contribution in [3.63, 3.8) is 0 Å². The van der Waals surface area contributed by atoms with Crippen molar-refractivity contribution in [2.75, 3.05) is 7.11 Å². The molecule has 0 radical (unpaired) electrons. The quantitative estimate of drug-likeness (QED) is 0.913. The predicted octanol–water partition coefficient (Wildman–Crippen LogP) is 2.08. The van der Waals surface area contributed by atoms with Crippen LogP contribution in [0.3, 0.4) is 0 Å². The molecule has 0 saturated carbocycles. The summed E-state index contributed by atoms with van der Waals surface area (Å²) < 4.78 is 5.18. The van der Waals surface area contributed by atoms with Crippen LogP contribution in [0.25, 0.3) is 0 Å². The molecule has 0 spiro atoms. The normalized spacial score (nSPS) is 11.0. The van der Waals surface area contributed by atoms with Gasteiger partial charge in [-0.2, -0.15) is 0 Å². The highest BCUT2D eigenvalue weighted by Crippen LogP contribution is 2.22. The molecule has 1 N–H and O–H groups in total. The number of amides is 1. The summed E-state index contributed by atoms with van der Waals surface area (Å²) in [5.74, 6) is 0.457. The van der Waals surface area contributed by atoms with E-state index in [9.17, 15) is 4.79 Å². The van der Waals surface area contributed by atoms with Gasteiger partial charge in [0.25, 0.3) is 0 Å². The van der Waals surface area contributed by atoms with E-state index < -0.39 is 5.41 Å². The van der Waals surface area contributed by atoms with Gasteiger partial charge in [-0.3, -0.25) is 9.78 Å². The van der Waals surface area contributed by atoms with Gasteiger partial charge in [0, 0.05) is 30.7 Å². The summed E-state index contributed by atoms with van der Waals surface area (Å²) in [4.78, 5) is 20.6. The van der Waals surface area contributed by atoms with E-state index >= 15 is 0 Å². The van der Waals surface area contributed by atoms with Crippen LogP contribution in [0, 0.1) is 0 Å². The summed E-state index contributed by atoms with van der Waals surface area (Å²) in [6.07, 6.45) is 5.06. The van der Waals surface area contributed by atoms with Crippen LogP contribution in [-0.2, 0) is 16.8 Å². The van der Waals surface area contributed by atoms with E-state index in [1.807, 2.05) is 38.1 Å². The number of nitrogens with zero attached hydrogens (tertiary/aromatic N) is 2. The Kier molecular flexibility index (Phi) is 4.52. The molecule has 5 heteroatoms. The van der Waals surface area contributed by atoms with Crippen LogP contribution in [-0.4, -0.2) is 23.0 Å². The average Bonchev–Trinajstić information content (AvgIpc) is 2.53. The number of hydrogen-bond donors (Lipinski definition) is 1. The van der Waals surface area contributed by atoms with Crippen LogP contribution < -0.4 is 10.1 Å². The maximum atomic E-state index is 12.4. The number of hydrogen-bond acceptors (Lipinski definition) is 4. The molecule has 0 saturated heterocycles. The van der Waals surface area contributed by atoms with Gasteiger partial charge in [0.05, 0.1) is 12.5 Å². The van der Waals surface area contributed by atoms with E-state index in [-0.39, 0.29) is 5.91 Å². The summed E-state index contributed by atoms with van der Waals surface area (Å²) in [6, 6.07) is 7.42. The van der Waals surface area contributed by atoms with Gasteiger partial charge in [0.2, 0.25) is 11.8 Å². The number of carbonyl (C=O) groups excluding carboxylic acids is 1. The van der Waals surface area contributed by atoms with E-state index in [0.29, 0.717) is 12.4 Å². The number of ether oxygens (including phenoxy) is 1. The molecule has 2 rings (SSSR count). The van der Waals surface area contributed by atoms with E-state index in [0.717, 1.165) is 11.1 Å². The Morgan fingerprint density at radius 3 is 2.71 bits per heavy atom. The van der Waals surface area contributed by atoms with E-state index in [1.54, 1.807) is 25.7 Å². The number of aromatic nitrogens is 2. The largest absolute Gasteiger partial charge is 0.481 e. The van der Waals surface area contributed by atoms with Gasteiger partial charge in [0.1, 0.15) is 0 Å². The van der Waals surface area contributed by atoms with Gasteiger partial charge in [-0.15, -0.1) is 0 Å². The first-order valence-electron chi connectivity index (χ1n) is 6.72. The third-order valence-corrected chi connectivity index (χ3v) is 3.43. The first kappa shape index (κ1) is 15.0. The summed E-state index contributed by atoms with van der Waals surface area (Å²) >= 11 is 0. The van der Waals surface area contributed by atoms with E-state index in [1.165, 1.54) is 0 Å². The molecule has 0 aliphatic heterocycles. The Balaban J connectivity index is 2.08. The molecule has 2 heterocycles. The molecule has 5 nitrogen and oxygen atoms in total. The van der Waals surface area contributed by atoms with Crippen molar-refractivity contribution >= 4 is 5.91 Å². The molecular weight excluding hydrogens is 266 g/mol. The van der Waals surface area contributed by atoms with Crippen molar-refractivity contribution in [3.8, 4) is 5.88 Å². The molecule has 0 atom stereocenters. The molecule has 21 heavy (non-hydrogen) atoms. The zero-order valence-corrected chi connectivity index (χ0v) is 12.5. The first-order valence-corrected chi connectivity index (χ1v) is 6.72. The Bertz CT molecular complexity index is 612. The maximum Gasteiger partial charge on any atom is 0.230 e. The minimum absolute atomic E-state index is 0.0681. The number of rotatable bonds is 5. The zero-order chi connectivity index (χ0) is 15.3. The van der Waals surface area contributed by atoms with Gasteiger partial charge >= 0.3 is 0 Å². The summed E-state index contributed by atoms with van der Waals surface area (Å²) in [7, 11) is 1.56. The molecule has 0 unspecified atom stereocenters. The van der Waals surface area contributed by atoms with Crippen LogP contribution in [0.15, 0.2) is 42.9 Å². The van der Waals surface area contributed by atoms with Crippen LogP contribution >= 0.6 is 0 Å². The van der Waals surface area contributed by atoms with Crippen molar-refractivity contribution < 1.29 is 9.53 Å². The lowest BCUT2D eigenvalue weighted by Crippen LogP contribution is -2.39. The Morgan fingerprint density at radius 2 is 2.05 bits per heavy atom. The lowest BCUT2D eigenvalue weighted by atomic mass is 9.85. The molecule has 0 bridgehead atoms. The van der Waals surface area contributed by atoms with Crippen molar-refractivity contribution in [1.29, 1.82) is 0 Å². The second kappa shape index (κ2) is 6.35. The molecule has 0 aromatic carbocycles. The second-order valence-electron chi connectivity index (χ2n) is 5.22. The van der Waals surface area contributed by atoms with Gasteiger partial charge in [0.15, 0.2) is 0 Å². The topological polar surface area (TPSA) is 64.1 Å². The molecular formula is C16H19N3O2. The Labute approximate surface area is 124 Å². The Morgan fingerprint density at radius 1 is 1.29 bits per heavy atom. The van der Waals surface area contributed by atoms with Gasteiger partial charge in [-0.05, 0) is 31.5 Å². The smallest absolute Gasteiger partial charge is 0.230 e. The number of nitrogens with one attached hydrogen (secondary N) is 1. The average molecular weight is 285 g/mol. The highest BCUT2D eigenvalue weighted by Gasteiger charge is 2.29. The Hall–Kier alpha value is -2.43. The monoisotopic (exact) mass is 285 g/mol. The van der Waals surface area contributed by atoms with Crippen molar-refractivity contribution in [1.82, 2.24) is 15.3 Å². The van der Waals surface area contributed by atoms with Crippen LogP contribution in [0.1, 0.15) is 25.0 Å². The van der Waals surface area contributed by atoms with Gasteiger partial charge in [-0.25, -0.2) is 4.98 Å². The first-order chi connectivity index (χ1) is 10.1. The molecule has 0 aliphatic rings. The van der Waals surface area contributed by atoms with Crippen LogP contribution in [0.5, 0.6) is 5.88 Å². The fraction of sp³-hybridized carbons (Fsp3) is 0.312. The van der Waals surface area contributed by atoms with Crippen molar-refractivity contribution in [3.05, 3.63) is 54.0 Å². The number of methoxy groups -OCH3 is 1. The van der Waals surface area contributed by atoms with Gasteiger partial charge in [-0.1, -0.05) is 12.1 Å². The lowest BCUT2D eigenvalue weighted by Gasteiger charge is -2.23. The second-order valence-corrected chi connectivity index (χ2v) is 5.22. The highest BCUT2D eigenvalue weighted by molar-refractivity contribution is 5.87. The number of pyridine rings is 2. The molecule has 110 valence electrons. The third kappa shape index (κ3) is 3.37. The van der Waals surface area contributed by atoms with E-state index in [2.05, 4.69) is 15.3 Å². The molecule has 0 aliphatic carbocycles. The summed E-state index contributed by atoms with van der Waals surface area (Å²) in [5, 5.41) is 2.93. The van der Waals surface area contributed by atoms with Crippen LogP contribution in [0.4, 0.5) is 0 Å².